The minimum absolute atomic E-state index is 0.118. The first-order valence-corrected chi connectivity index (χ1v) is 11.7. The van der Waals surface area contributed by atoms with Crippen molar-refractivity contribution in [1.29, 1.82) is 0 Å². The van der Waals surface area contributed by atoms with Crippen LogP contribution in [0.3, 0.4) is 0 Å². The summed E-state index contributed by atoms with van der Waals surface area (Å²) in [7, 11) is 0. The van der Waals surface area contributed by atoms with Crippen molar-refractivity contribution >= 4 is 49.2 Å². The Morgan fingerprint density at radius 3 is 2.68 bits per heavy atom. The Bertz CT molecular complexity index is 1600. The van der Waals surface area contributed by atoms with E-state index in [1.807, 2.05) is 6.07 Å². The van der Waals surface area contributed by atoms with Gasteiger partial charge in [-0.2, -0.15) is 0 Å². The molecule has 1 aliphatic heterocycles. The van der Waals surface area contributed by atoms with Gasteiger partial charge in [-0.05, 0) is 64.9 Å². The predicted octanol–water partition coefficient (Wildman–Crippen LogP) is 7.98. The fourth-order valence-electron chi connectivity index (χ4n) is 6.69. The van der Waals surface area contributed by atoms with E-state index in [-0.39, 0.29) is 5.41 Å². The molecule has 2 bridgehead atoms. The van der Waals surface area contributed by atoms with Crippen molar-refractivity contribution in [2.24, 2.45) is 0 Å². The number of hydrogen-bond donors (Lipinski definition) is 1. The van der Waals surface area contributed by atoms with Crippen molar-refractivity contribution in [3.8, 4) is 0 Å². The molecule has 0 saturated heterocycles. The minimum atomic E-state index is -0.118. The Morgan fingerprint density at radius 1 is 0.839 bits per heavy atom. The second-order valence-corrected chi connectivity index (χ2v) is 9.94. The molecule has 2 nitrogen and oxygen atoms in total. The van der Waals surface area contributed by atoms with Crippen molar-refractivity contribution in [1.82, 2.24) is 0 Å². The Morgan fingerprint density at radius 2 is 1.71 bits per heavy atom. The number of benzene rings is 4. The van der Waals surface area contributed by atoms with E-state index in [9.17, 15) is 0 Å². The number of hydrogen-bond acceptors (Lipinski definition) is 2. The van der Waals surface area contributed by atoms with Crippen LogP contribution < -0.4 is 5.32 Å². The van der Waals surface area contributed by atoms with Crippen LogP contribution in [-0.4, -0.2) is 0 Å². The lowest BCUT2D eigenvalue weighted by Gasteiger charge is -2.53. The average molecular weight is 464 g/mol. The quantitative estimate of drug-likeness (QED) is 0.251. The highest BCUT2D eigenvalue weighted by atomic mass is 79.9. The standard InChI is InChI=1S/C28H18BrNO/c29-21-9-10-22-27-26(21)17-11-12-28(27,19-7-3-1-5-15(17)19)20-13-18-16-6-2-4-8-24(16)31-25(18)14-23(20)30-22/h1-10,13-14,17,30H,11-12H2. The Kier molecular flexibility index (Phi) is 2.90. The van der Waals surface area contributed by atoms with Gasteiger partial charge in [0.2, 0.25) is 0 Å². The van der Waals surface area contributed by atoms with Crippen molar-refractivity contribution in [2.75, 3.05) is 5.32 Å². The molecule has 3 heteroatoms. The Labute approximate surface area is 188 Å². The maximum absolute atomic E-state index is 6.23. The normalized spacial score (nSPS) is 22.2. The number of fused-ring (bicyclic) bond motifs is 5. The fourth-order valence-corrected chi connectivity index (χ4v) is 7.29. The van der Waals surface area contributed by atoms with Gasteiger partial charge in [-0.3, -0.25) is 0 Å². The number of para-hydroxylation sites is 1. The number of furan rings is 1. The van der Waals surface area contributed by atoms with Crippen molar-refractivity contribution in [3.05, 3.63) is 105 Å². The molecule has 2 heterocycles. The lowest BCUT2D eigenvalue weighted by atomic mass is 9.51. The molecule has 4 aliphatic rings. The summed E-state index contributed by atoms with van der Waals surface area (Å²) in [5, 5.41) is 6.17. The Hall–Kier alpha value is -3.04. The number of anilines is 2. The third-order valence-electron chi connectivity index (χ3n) is 7.82. The summed E-state index contributed by atoms with van der Waals surface area (Å²) in [5.74, 6) is 0.462. The zero-order chi connectivity index (χ0) is 20.3. The molecule has 1 spiro atoms. The van der Waals surface area contributed by atoms with Crippen LogP contribution in [0.4, 0.5) is 11.4 Å². The van der Waals surface area contributed by atoms with E-state index in [1.54, 1.807) is 0 Å². The molecule has 2 unspecified atom stereocenters. The van der Waals surface area contributed by atoms with Gasteiger partial charge in [-0.1, -0.05) is 58.4 Å². The van der Waals surface area contributed by atoms with E-state index >= 15 is 0 Å². The van der Waals surface area contributed by atoms with E-state index in [0.29, 0.717) is 5.92 Å². The number of nitrogens with one attached hydrogen (secondary N) is 1. The number of halogens is 1. The second kappa shape index (κ2) is 5.41. The van der Waals surface area contributed by atoms with Gasteiger partial charge in [-0.25, -0.2) is 0 Å². The van der Waals surface area contributed by atoms with Gasteiger partial charge in [-0.15, -0.1) is 0 Å². The maximum Gasteiger partial charge on any atom is 0.137 e. The molecule has 0 amide bonds. The van der Waals surface area contributed by atoms with E-state index in [1.165, 1.54) is 60.9 Å². The van der Waals surface area contributed by atoms with Crippen LogP contribution in [0.1, 0.15) is 46.6 Å². The number of rotatable bonds is 0. The Balaban J connectivity index is 1.57. The van der Waals surface area contributed by atoms with Crippen LogP contribution >= 0.6 is 15.9 Å². The average Bonchev–Trinajstić information content (AvgIpc) is 3.18. The van der Waals surface area contributed by atoms with Gasteiger partial charge in [0, 0.05) is 44.0 Å². The third-order valence-corrected chi connectivity index (χ3v) is 8.51. The molecule has 4 aromatic carbocycles. The first-order chi connectivity index (χ1) is 15.3. The highest BCUT2D eigenvalue weighted by Crippen LogP contribution is 2.65. The molecule has 1 N–H and O–H groups in total. The van der Waals surface area contributed by atoms with Crippen LogP contribution in [0, 0.1) is 0 Å². The molecule has 31 heavy (non-hydrogen) atoms. The van der Waals surface area contributed by atoms with Gasteiger partial charge in [0.25, 0.3) is 0 Å². The van der Waals surface area contributed by atoms with Gasteiger partial charge >= 0.3 is 0 Å². The van der Waals surface area contributed by atoms with Crippen molar-refractivity contribution < 1.29 is 4.42 Å². The summed E-state index contributed by atoms with van der Waals surface area (Å²) in [6.45, 7) is 0. The first-order valence-electron chi connectivity index (χ1n) is 10.9. The zero-order valence-electron chi connectivity index (χ0n) is 16.7. The van der Waals surface area contributed by atoms with E-state index in [2.05, 4.69) is 88.0 Å². The lowest BCUT2D eigenvalue weighted by molar-refractivity contribution is 0.426. The highest BCUT2D eigenvalue weighted by Gasteiger charge is 2.53. The van der Waals surface area contributed by atoms with E-state index in [4.69, 9.17) is 4.42 Å². The van der Waals surface area contributed by atoms with Gasteiger partial charge in [0.05, 0.1) is 0 Å². The van der Waals surface area contributed by atoms with Crippen LogP contribution in [0.15, 0.2) is 81.7 Å². The molecule has 3 aliphatic carbocycles. The molecule has 9 rings (SSSR count). The second-order valence-electron chi connectivity index (χ2n) is 9.08. The molecule has 5 aromatic rings. The SMILES string of the molecule is Brc1ccc2c3c1C1CCC3(c3cc4c(cc3N2)oc2ccccc24)c2ccccc21. The summed E-state index contributed by atoms with van der Waals surface area (Å²) < 4.78 is 7.46. The molecule has 0 fully saturated rings. The van der Waals surface area contributed by atoms with Gasteiger partial charge in [0.15, 0.2) is 0 Å². The smallest absolute Gasteiger partial charge is 0.137 e. The maximum atomic E-state index is 6.23. The van der Waals surface area contributed by atoms with E-state index < -0.39 is 0 Å². The van der Waals surface area contributed by atoms with Gasteiger partial charge < -0.3 is 9.73 Å². The molecule has 148 valence electrons. The monoisotopic (exact) mass is 463 g/mol. The molecule has 0 radical (unpaired) electrons. The summed E-state index contributed by atoms with van der Waals surface area (Å²) in [6.07, 6.45) is 2.32. The molecule has 1 aromatic heterocycles. The van der Waals surface area contributed by atoms with Crippen LogP contribution in [0.5, 0.6) is 0 Å². The highest BCUT2D eigenvalue weighted by molar-refractivity contribution is 9.10. The summed E-state index contributed by atoms with van der Waals surface area (Å²) >= 11 is 3.91. The third kappa shape index (κ3) is 1.82. The molecular weight excluding hydrogens is 446 g/mol. The van der Waals surface area contributed by atoms with Crippen LogP contribution in [0.2, 0.25) is 0 Å². The molecule has 0 saturated carbocycles. The van der Waals surface area contributed by atoms with Crippen molar-refractivity contribution in [3.63, 3.8) is 0 Å². The summed E-state index contributed by atoms with van der Waals surface area (Å²) in [6, 6.07) is 26.5. The summed E-state index contributed by atoms with van der Waals surface area (Å²) in [5.41, 5.74) is 11.5. The zero-order valence-corrected chi connectivity index (χ0v) is 18.3. The van der Waals surface area contributed by atoms with Gasteiger partial charge in [0.1, 0.15) is 11.2 Å². The van der Waals surface area contributed by atoms with Crippen LogP contribution in [0.25, 0.3) is 21.9 Å². The summed E-state index contributed by atoms with van der Waals surface area (Å²) in [4.78, 5) is 0. The first kappa shape index (κ1) is 16.6. The molecular formula is C28H18BrNO. The predicted molar refractivity (Wildman–Crippen MR) is 129 cm³/mol. The lowest BCUT2D eigenvalue weighted by Crippen LogP contribution is -2.44. The van der Waals surface area contributed by atoms with Crippen molar-refractivity contribution in [2.45, 2.75) is 24.2 Å². The largest absolute Gasteiger partial charge is 0.456 e. The minimum Gasteiger partial charge on any atom is -0.456 e. The molecule has 2 atom stereocenters. The van der Waals surface area contributed by atoms with Crippen LogP contribution in [-0.2, 0) is 5.41 Å². The fraction of sp³-hybridized carbons (Fsp3) is 0.143. The van der Waals surface area contributed by atoms with E-state index in [0.717, 1.165) is 17.6 Å². The topological polar surface area (TPSA) is 25.2 Å².